The fourth-order valence-corrected chi connectivity index (χ4v) is 1.22. The molecule has 1 unspecified atom stereocenters. The molecule has 0 spiro atoms. The summed E-state index contributed by atoms with van der Waals surface area (Å²) in [6.45, 7) is 7.31. The van der Waals surface area contributed by atoms with E-state index in [1.807, 2.05) is 6.92 Å². The number of rotatable bonds is 6. The van der Waals surface area contributed by atoms with Crippen molar-refractivity contribution < 1.29 is 5.11 Å². The first-order chi connectivity index (χ1) is 6.11. The molecule has 0 radical (unpaired) electrons. The monoisotopic (exact) mass is 205 g/mol. The van der Waals surface area contributed by atoms with Crippen LogP contribution < -0.4 is 5.32 Å². The summed E-state index contributed by atoms with van der Waals surface area (Å²) < 4.78 is 0. The summed E-state index contributed by atoms with van der Waals surface area (Å²) in [6, 6.07) is 0.372. The van der Waals surface area contributed by atoms with Crippen LogP contribution in [0.15, 0.2) is 11.1 Å². The van der Waals surface area contributed by atoms with E-state index in [0.29, 0.717) is 12.0 Å². The fourth-order valence-electron chi connectivity index (χ4n) is 1.14. The molecule has 0 bridgehead atoms. The number of hydrogen-bond acceptors (Lipinski definition) is 2. The van der Waals surface area contributed by atoms with Gasteiger partial charge in [0.15, 0.2) is 0 Å². The van der Waals surface area contributed by atoms with E-state index in [2.05, 4.69) is 19.2 Å². The molecule has 1 atom stereocenters. The molecule has 0 aliphatic rings. The second-order valence-corrected chi connectivity index (χ2v) is 3.92. The summed E-state index contributed by atoms with van der Waals surface area (Å²) in [5, 5.41) is 12.2. The molecule has 0 aromatic heterocycles. The number of hydrogen-bond donors (Lipinski definition) is 2. The largest absolute Gasteiger partial charge is 0.396 e. The van der Waals surface area contributed by atoms with E-state index in [0.717, 1.165) is 18.5 Å². The van der Waals surface area contributed by atoms with E-state index in [4.69, 9.17) is 16.7 Å². The maximum Gasteiger partial charge on any atom is 0.0445 e. The summed E-state index contributed by atoms with van der Waals surface area (Å²) in [5.41, 5.74) is 2.70. The highest BCUT2D eigenvalue weighted by molar-refractivity contribution is 6.25. The van der Waals surface area contributed by atoms with Gasteiger partial charge in [-0.05, 0) is 24.8 Å². The summed E-state index contributed by atoms with van der Waals surface area (Å²) in [5.74, 6) is 0.537. The molecule has 0 aliphatic heterocycles. The normalized spacial score (nSPS) is 15.1. The van der Waals surface area contributed by atoms with Gasteiger partial charge in [0.2, 0.25) is 0 Å². The first-order valence-electron chi connectivity index (χ1n) is 4.72. The van der Waals surface area contributed by atoms with Gasteiger partial charge in [-0.15, -0.1) is 0 Å². The van der Waals surface area contributed by atoms with Gasteiger partial charge in [-0.1, -0.05) is 25.4 Å². The molecule has 2 N–H and O–H groups in total. The van der Waals surface area contributed by atoms with Crippen LogP contribution >= 0.6 is 11.6 Å². The van der Waals surface area contributed by atoms with Crippen molar-refractivity contribution in [1.82, 2.24) is 5.32 Å². The summed E-state index contributed by atoms with van der Waals surface area (Å²) in [7, 11) is 0. The maximum absolute atomic E-state index is 8.83. The van der Waals surface area contributed by atoms with E-state index < -0.39 is 0 Å². The molecule has 0 fully saturated rings. The highest BCUT2D eigenvalue weighted by atomic mass is 35.5. The molecule has 0 rings (SSSR count). The SMILES string of the molecule is CC(=CCl)CNC(CCO)C(C)C. The van der Waals surface area contributed by atoms with Crippen LogP contribution in [0.3, 0.4) is 0 Å². The van der Waals surface area contributed by atoms with Crippen molar-refractivity contribution in [3.63, 3.8) is 0 Å². The predicted octanol–water partition coefficient (Wildman–Crippen LogP) is 2.13. The molecule has 0 amide bonds. The Hall–Kier alpha value is -0.0500. The Morgan fingerprint density at radius 3 is 2.54 bits per heavy atom. The molecule has 3 heteroatoms. The van der Waals surface area contributed by atoms with Crippen molar-refractivity contribution in [1.29, 1.82) is 0 Å². The molecular formula is C10H20ClNO. The van der Waals surface area contributed by atoms with E-state index >= 15 is 0 Å². The van der Waals surface area contributed by atoms with Gasteiger partial charge in [0.1, 0.15) is 0 Å². The maximum atomic E-state index is 8.83. The molecule has 78 valence electrons. The van der Waals surface area contributed by atoms with Crippen LogP contribution in [0.2, 0.25) is 0 Å². The number of aliphatic hydroxyl groups excluding tert-OH is 1. The molecule has 2 nitrogen and oxygen atoms in total. The average molecular weight is 206 g/mol. The fraction of sp³-hybridized carbons (Fsp3) is 0.800. The van der Waals surface area contributed by atoms with Crippen molar-refractivity contribution in [3.05, 3.63) is 11.1 Å². The lowest BCUT2D eigenvalue weighted by atomic mass is 10.0. The lowest BCUT2D eigenvalue weighted by Gasteiger charge is -2.21. The standard InChI is InChI=1S/C10H20ClNO/c1-8(2)10(4-5-13)12-7-9(3)6-11/h6,8,10,12-13H,4-5,7H2,1-3H3. The topological polar surface area (TPSA) is 32.3 Å². The third-order valence-corrected chi connectivity index (χ3v) is 2.45. The average Bonchev–Trinajstić information content (AvgIpc) is 2.11. The zero-order chi connectivity index (χ0) is 10.3. The third kappa shape index (κ3) is 6.08. The van der Waals surface area contributed by atoms with Crippen molar-refractivity contribution in [3.8, 4) is 0 Å². The van der Waals surface area contributed by atoms with E-state index in [1.165, 1.54) is 0 Å². The van der Waals surface area contributed by atoms with Gasteiger partial charge in [-0.3, -0.25) is 0 Å². The molecule has 0 aliphatic carbocycles. The van der Waals surface area contributed by atoms with Crippen LogP contribution in [-0.4, -0.2) is 24.3 Å². The van der Waals surface area contributed by atoms with Crippen LogP contribution in [0.1, 0.15) is 27.2 Å². The van der Waals surface area contributed by atoms with Crippen LogP contribution in [-0.2, 0) is 0 Å². The predicted molar refractivity (Wildman–Crippen MR) is 57.9 cm³/mol. The molecule has 0 saturated heterocycles. The third-order valence-electron chi connectivity index (χ3n) is 2.07. The molecule has 0 saturated carbocycles. The van der Waals surface area contributed by atoms with Gasteiger partial charge >= 0.3 is 0 Å². The molecule has 0 aromatic rings. The Bertz CT molecular complexity index is 157. The van der Waals surface area contributed by atoms with Gasteiger partial charge in [0.05, 0.1) is 0 Å². The van der Waals surface area contributed by atoms with Crippen LogP contribution in [0, 0.1) is 5.92 Å². The second kappa shape index (κ2) is 7.36. The Morgan fingerprint density at radius 1 is 1.54 bits per heavy atom. The van der Waals surface area contributed by atoms with Crippen molar-refractivity contribution in [2.45, 2.75) is 33.2 Å². The molecule has 13 heavy (non-hydrogen) atoms. The summed E-state index contributed by atoms with van der Waals surface area (Å²) in [4.78, 5) is 0. The lowest BCUT2D eigenvalue weighted by Crippen LogP contribution is -2.35. The van der Waals surface area contributed by atoms with Gasteiger partial charge in [0.25, 0.3) is 0 Å². The van der Waals surface area contributed by atoms with Gasteiger partial charge in [-0.2, -0.15) is 0 Å². The van der Waals surface area contributed by atoms with Crippen LogP contribution in [0.4, 0.5) is 0 Å². The van der Waals surface area contributed by atoms with Crippen LogP contribution in [0.25, 0.3) is 0 Å². The van der Waals surface area contributed by atoms with Crippen LogP contribution in [0.5, 0.6) is 0 Å². The summed E-state index contributed by atoms with van der Waals surface area (Å²) in [6.07, 6.45) is 0.799. The smallest absolute Gasteiger partial charge is 0.0445 e. The minimum atomic E-state index is 0.236. The highest BCUT2D eigenvalue weighted by Crippen LogP contribution is 2.06. The number of aliphatic hydroxyl groups is 1. The Kier molecular flexibility index (Phi) is 7.33. The van der Waals surface area contributed by atoms with E-state index in [-0.39, 0.29) is 6.61 Å². The summed E-state index contributed by atoms with van der Waals surface area (Å²) >= 11 is 5.54. The second-order valence-electron chi connectivity index (χ2n) is 3.70. The zero-order valence-corrected chi connectivity index (χ0v) is 9.43. The van der Waals surface area contributed by atoms with E-state index in [9.17, 15) is 0 Å². The molecule has 0 aromatic carbocycles. The van der Waals surface area contributed by atoms with Crippen molar-refractivity contribution in [2.75, 3.05) is 13.2 Å². The van der Waals surface area contributed by atoms with Gasteiger partial charge < -0.3 is 10.4 Å². The molecular weight excluding hydrogens is 186 g/mol. The van der Waals surface area contributed by atoms with Gasteiger partial charge in [0, 0.05) is 24.7 Å². The minimum absolute atomic E-state index is 0.236. The lowest BCUT2D eigenvalue weighted by molar-refractivity contribution is 0.247. The Balaban J connectivity index is 3.82. The Labute approximate surface area is 86.0 Å². The van der Waals surface area contributed by atoms with Crippen molar-refractivity contribution in [2.24, 2.45) is 5.92 Å². The van der Waals surface area contributed by atoms with Gasteiger partial charge in [-0.25, -0.2) is 0 Å². The zero-order valence-electron chi connectivity index (χ0n) is 8.68. The molecule has 0 heterocycles. The van der Waals surface area contributed by atoms with E-state index in [1.54, 1.807) is 5.54 Å². The van der Waals surface area contributed by atoms with Crippen molar-refractivity contribution >= 4 is 11.6 Å². The Morgan fingerprint density at radius 2 is 2.15 bits per heavy atom. The first-order valence-corrected chi connectivity index (χ1v) is 5.15. The number of halogens is 1. The minimum Gasteiger partial charge on any atom is -0.396 e. The quantitative estimate of drug-likeness (QED) is 0.697. The highest BCUT2D eigenvalue weighted by Gasteiger charge is 2.11. The number of nitrogens with one attached hydrogen (secondary N) is 1. The first kappa shape index (κ1) is 12.9.